The van der Waals surface area contributed by atoms with E-state index in [1.807, 2.05) is 12.1 Å². The molecule has 1 aromatic heterocycles. The molecule has 2 heterocycles. The van der Waals surface area contributed by atoms with Gasteiger partial charge in [-0.05, 0) is 49.3 Å². The van der Waals surface area contributed by atoms with Crippen molar-refractivity contribution in [3.8, 4) is 6.07 Å². The maximum Gasteiger partial charge on any atom is 0.266 e. The van der Waals surface area contributed by atoms with Gasteiger partial charge in [0.25, 0.3) is 11.5 Å². The highest BCUT2D eigenvalue weighted by atomic mass is 19.1. The number of aromatic nitrogens is 1. The molecule has 1 amide bonds. The molecular weight excluding hydrogens is 333 g/mol. The van der Waals surface area contributed by atoms with E-state index >= 15 is 0 Å². The van der Waals surface area contributed by atoms with Gasteiger partial charge in [-0.25, -0.2) is 4.39 Å². The molecule has 1 fully saturated rings. The molecule has 26 heavy (non-hydrogen) atoms. The molecule has 6 heteroatoms. The number of hydrogen-bond donors (Lipinski definition) is 1. The van der Waals surface area contributed by atoms with Crippen molar-refractivity contribution < 1.29 is 9.18 Å². The van der Waals surface area contributed by atoms with Crippen molar-refractivity contribution in [1.82, 2.24) is 9.88 Å². The van der Waals surface area contributed by atoms with Crippen LogP contribution in [0.25, 0.3) is 0 Å². The van der Waals surface area contributed by atoms with Crippen LogP contribution in [0.3, 0.4) is 0 Å². The topological polar surface area (TPSA) is 77.0 Å². The van der Waals surface area contributed by atoms with E-state index in [-0.39, 0.29) is 17.3 Å². The number of carbonyl (C=O) groups is 1. The Kier molecular flexibility index (Phi) is 5.17. The van der Waals surface area contributed by atoms with Crippen LogP contribution in [0.2, 0.25) is 0 Å². The maximum absolute atomic E-state index is 13.8. The lowest BCUT2D eigenvalue weighted by Crippen LogP contribution is -2.39. The molecule has 0 radical (unpaired) electrons. The summed E-state index contributed by atoms with van der Waals surface area (Å²) in [5, 5.41) is 9.09. The van der Waals surface area contributed by atoms with Gasteiger partial charge in [0.05, 0.1) is 5.56 Å². The van der Waals surface area contributed by atoms with E-state index in [4.69, 9.17) is 5.26 Å². The van der Waals surface area contributed by atoms with E-state index in [0.717, 1.165) is 12.8 Å². The lowest BCUT2D eigenvalue weighted by Gasteiger charge is -2.32. The molecule has 1 aromatic carbocycles. The third kappa shape index (κ3) is 3.52. The first-order chi connectivity index (χ1) is 12.5. The van der Waals surface area contributed by atoms with Crippen LogP contribution >= 0.6 is 0 Å². The number of carbonyl (C=O) groups excluding carboxylic acids is 1. The number of aromatic amines is 1. The van der Waals surface area contributed by atoms with Crippen LogP contribution in [0.15, 0.2) is 35.3 Å². The number of pyridine rings is 1. The SMILES string of the molecule is Cc1c(C(=O)N2CCC(Cc3ccccc3F)CC2)c[nH]c(=O)c1C#N. The van der Waals surface area contributed by atoms with Crippen LogP contribution in [0, 0.1) is 30.0 Å². The van der Waals surface area contributed by atoms with Gasteiger partial charge >= 0.3 is 0 Å². The summed E-state index contributed by atoms with van der Waals surface area (Å²) in [6.07, 6.45) is 3.65. The minimum atomic E-state index is -0.481. The fourth-order valence-electron chi connectivity index (χ4n) is 3.47. The summed E-state index contributed by atoms with van der Waals surface area (Å²) in [6.45, 7) is 2.78. The largest absolute Gasteiger partial charge is 0.339 e. The van der Waals surface area contributed by atoms with E-state index in [0.29, 0.717) is 42.1 Å². The molecular formula is C20H20FN3O2. The smallest absolute Gasteiger partial charge is 0.266 e. The monoisotopic (exact) mass is 353 g/mol. The molecule has 0 atom stereocenters. The number of H-pyrrole nitrogens is 1. The predicted molar refractivity (Wildman–Crippen MR) is 95.2 cm³/mol. The number of hydrogen-bond acceptors (Lipinski definition) is 3. The molecule has 0 bridgehead atoms. The van der Waals surface area contributed by atoms with Gasteiger partial charge in [0.1, 0.15) is 17.4 Å². The molecule has 2 aromatic rings. The van der Waals surface area contributed by atoms with Gasteiger partial charge in [0.15, 0.2) is 0 Å². The van der Waals surface area contributed by atoms with Crippen molar-refractivity contribution in [2.24, 2.45) is 5.92 Å². The Bertz CT molecular complexity index is 921. The second-order valence-electron chi connectivity index (χ2n) is 6.67. The Morgan fingerprint density at radius 3 is 2.69 bits per heavy atom. The lowest BCUT2D eigenvalue weighted by atomic mass is 9.89. The number of nitriles is 1. The van der Waals surface area contributed by atoms with Gasteiger partial charge in [-0.15, -0.1) is 0 Å². The first-order valence-corrected chi connectivity index (χ1v) is 8.66. The van der Waals surface area contributed by atoms with Crippen LogP contribution in [-0.2, 0) is 6.42 Å². The van der Waals surface area contributed by atoms with E-state index in [2.05, 4.69) is 4.98 Å². The maximum atomic E-state index is 13.8. The summed E-state index contributed by atoms with van der Waals surface area (Å²) in [7, 11) is 0. The fourth-order valence-corrected chi connectivity index (χ4v) is 3.47. The normalized spacial score (nSPS) is 14.9. The molecule has 1 aliphatic heterocycles. The van der Waals surface area contributed by atoms with Crippen LogP contribution < -0.4 is 5.56 Å². The lowest BCUT2D eigenvalue weighted by molar-refractivity contribution is 0.0689. The van der Waals surface area contributed by atoms with Crippen molar-refractivity contribution in [1.29, 1.82) is 5.26 Å². The van der Waals surface area contributed by atoms with Crippen LogP contribution in [0.1, 0.15) is 39.9 Å². The third-order valence-electron chi connectivity index (χ3n) is 5.06. The first-order valence-electron chi connectivity index (χ1n) is 8.66. The Morgan fingerprint density at radius 1 is 1.35 bits per heavy atom. The van der Waals surface area contributed by atoms with Gasteiger partial charge < -0.3 is 9.88 Å². The molecule has 1 aliphatic rings. The summed E-state index contributed by atoms with van der Waals surface area (Å²) in [5.41, 5.74) is 0.978. The Morgan fingerprint density at radius 2 is 2.04 bits per heavy atom. The highest BCUT2D eigenvalue weighted by Gasteiger charge is 2.26. The van der Waals surface area contributed by atoms with Gasteiger partial charge in [0.2, 0.25) is 0 Å². The molecule has 0 aliphatic carbocycles. The van der Waals surface area contributed by atoms with Gasteiger partial charge in [-0.2, -0.15) is 5.26 Å². The number of piperidine rings is 1. The van der Waals surface area contributed by atoms with E-state index in [1.54, 1.807) is 24.0 Å². The van der Waals surface area contributed by atoms with Crippen LogP contribution in [-0.4, -0.2) is 28.9 Å². The Labute approximate surface area is 151 Å². The number of nitrogens with zero attached hydrogens (tertiary/aromatic N) is 2. The zero-order valence-corrected chi connectivity index (χ0v) is 14.6. The van der Waals surface area contributed by atoms with Crippen molar-refractivity contribution in [2.45, 2.75) is 26.2 Å². The quantitative estimate of drug-likeness (QED) is 0.922. The van der Waals surface area contributed by atoms with Gasteiger partial charge in [-0.3, -0.25) is 9.59 Å². The Hall–Kier alpha value is -2.94. The standard InChI is InChI=1S/C20H20FN3O2/c1-13-16(11-22)19(25)23-12-17(13)20(26)24-8-6-14(7-9-24)10-15-4-2-3-5-18(15)21/h2-5,12,14H,6-10H2,1H3,(H,23,25). The summed E-state index contributed by atoms with van der Waals surface area (Å²) in [6, 6.07) is 8.65. The zero-order valence-electron chi connectivity index (χ0n) is 14.6. The zero-order chi connectivity index (χ0) is 18.7. The number of nitrogens with one attached hydrogen (secondary N) is 1. The molecule has 1 N–H and O–H groups in total. The van der Waals surface area contributed by atoms with E-state index in [9.17, 15) is 14.0 Å². The minimum absolute atomic E-state index is 0.0229. The van der Waals surface area contributed by atoms with Crippen molar-refractivity contribution in [3.63, 3.8) is 0 Å². The molecule has 134 valence electrons. The highest BCUT2D eigenvalue weighted by molar-refractivity contribution is 5.95. The van der Waals surface area contributed by atoms with Crippen LogP contribution in [0.5, 0.6) is 0 Å². The van der Waals surface area contributed by atoms with Crippen molar-refractivity contribution in [2.75, 3.05) is 13.1 Å². The average molecular weight is 353 g/mol. The second kappa shape index (κ2) is 7.52. The highest BCUT2D eigenvalue weighted by Crippen LogP contribution is 2.24. The molecule has 0 unspecified atom stereocenters. The number of halogens is 1. The number of likely N-dealkylation sites (tertiary alicyclic amines) is 1. The Balaban J connectivity index is 1.67. The van der Waals surface area contributed by atoms with Gasteiger partial charge in [0, 0.05) is 19.3 Å². The van der Waals surface area contributed by atoms with Crippen molar-refractivity contribution >= 4 is 5.91 Å². The average Bonchev–Trinajstić information content (AvgIpc) is 2.64. The predicted octanol–water partition coefficient (Wildman–Crippen LogP) is 2.79. The number of amides is 1. The molecule has 0 saturated carbocycles. The number of benzene rings is 1. The van der Waals surface area contributed by atoms with Crippen molar-refractivity contribution in [3.05, 3.63) is 68.9 Å². The van der Waals surface area contributed by atoms with Crippen LogP contribution in [0.4, 0.5) is 4.39 Å². The van der Waals surface area contributed by atoms with E-state index in [1.165, 1.54) is 12.3 Å². The molecule has 3 rings (SSSR count). The van der Waals surface area contributed by atoms with E-state index < -0.39 is 5.56 Å². The third-order valence-corrected chi connectivity index (χ3v) is 5.06. The summed E-state index contributed by atoms with van der Waals surface area (Å²) in [5.74, 6) is -0.0270. The second-order valence-corrected chi connectivity index (χ2v) is 6.67. The minimum Gasteiger partial charge on any atom is -0.339 e. The first kappa shape index (κ1) is 17.9. The van der Waals surface area contributed by atoms with Gasteiger partial charge in [-0.1, -0.05) is 18.2 Å². The summed E-state index contributed by atoms with van der Waals surface area (Å²) in [4.78, 5) is 28.6. The molecule has 1 saturated heterocycles. The molecule has 5 nitrogen and oxygen atoms in total. The molecule has 0 spiro atoms. The number of rotatable bonds is 3. The summed E-state index contributed by atoms with van der Waals surface area (Å²) < 4.78 is 13.8. The fraction of sp³-hybridized carbons (Fsp3) is 0.350. The summed E-state index contributed by atoms with van der Waals surface area (Å²) >= 11 is 0.